The maximum Gasteiger partial charge on any atom is 0.223 e. The molecular formula is C21H29N5OS. The van der Waals surface area contributed by atoms with E-state index in [4.69, 9.17) is 0 Å². The van der Waals surface area contributed by atoms with E-state index in [9.17, 15) is 4.79 Å². The number of nitrogens with zero attached hydrogens (tertiary/aromatic N) is 4. The van der Waals surface area contributed by atoms with Gasteiger partial charge >= 0.3 is 0 Å². The standard InChI is InChI=1S/C21H29N5OS/c1-2-25-11-3-5-17(25)15-22-21(27)16-9-12-26(13-10-16)20-8-7-18(23-24-20)19-6-4-14-28-19/h4,6-8,14,16-17H,2-3,5,9-13,15H2,1H3,(H,22,27)/t17-/m0/s1. The van der Waals surface area contributed by atoms with Crippen molar-refractivity contribution in [2.24, 2.45) is 5.92 Å². The van der Waals surface area contributed by atoms with Crippen molar-refractivity contribution in [1.82, 2.24) is 20.4 Å². The molecule has 2 aromatic heterocycles. The summed E-state index contributed by atoms with van der Waals surface area (Å²) in [4.78, 5) is 18.4. The van der Waals surface area contributed by atoms with Gasteiger partial charge in [0.2, 0.25) is 5.91 Å². The molecule has 0 unspecified atom stereocenters. The zero-order valence-corrected chi connectivity index (χ0v) is 17.3. The first-order valence-electron chi connectivity index (χ1n) is 10.4. The van der Waals surface area contributed by atoms with E-state index in [1.165, 1.54) is 19.4 Å². The fourth-order valence-corrected chi connectivity index (χ4v) is 5.02. The molecule has 150 valence electrons. The van der Waals surface area contributed by atoms with Crippen molar-refractivity contribution >= 4 is 23.1 Å². The van der Waals surface area contributed by atoms with E-state index < -0.39 is 0 Å². The lowest BCUT2D eigenvalue weighted by molar-refractivity contribution is -0.125. The van der Waals surface area contributed by atoms with E-state index in [-0.39, 0.29) is 11.8 Å². The Bertz CT molecular complexity index is 756. The second kappa shape index (κ2) is 9.01. The third kappa shape index (κ3) is 4.36. The number of piperidine rings is 1. The molecule has 0 saturated carbocycles. The number of carbonyl (C=O) groups excluding carboxylic acids is 1. The Hall–Kier alpha value is -1.99. The molecule has 7 heteroatoms. The van der Waals surface area contributed by atoms with Gasteiger partial charge < -0.3 is 10.2 Å². The lowest BCUT2D eigenvalue weighted by Crippen LogP contribution is -2.45. The molecule has 0 aromatic carbocycles. The van der Waals surface area contributed by atoms with Gasteiger partial charge in [0, 0.05) is 31.6 Å². The minimum atomic E-state index is 0.117. The van der Waals surface area contributed by atoms with Crippen LogP contribution in [0, 0.1) is 5.92 Å². The van der Waals surface area contributed by atoms with Crippen LogP contribution in [0.5, 0.6) is 0 Å². The summed E-state index contributed by atoms with van der Waals surface area (Å²) in [7, 11) is 0. The Balaban J connectivity index is 1.25. The molecule has 0 bridgehead atoms. The second-order valence-corrected chi connectivity index (χ2v) is 8.63. The van der Waals surface area contributed by atoms with Crippen molar-refractivity contribution in [3.8, 4) is 10.6 Å². The van der Waals surface area contributed by atoms with Crippen LogP contribution >= 0.6 is 11.3 Å². The molecule has 0 aliphatic carbocycles. The number of hydrogen-bond acceptors (Lipinski definition) is 6. The molecule has 0 radical (unpaired) electrons. The summed E-state index contributed by atoms with van der Waals surface area (Å²) in [6.07, 6.45) is 4.20. The normalized spacial score (nSPS) is 21.2. The Morgan fingerprint density at radius 1 is 1.18 bits per heavy atom. The second-order valence-electron chi connectivity index (χ2n) is 7.69. The number of rotatable bonds is 6. The summed E-state index contributed by atoms with van der Waals surface area (Å²) in [6.45, 7) is 6.95. The van der Waals surface area contributed by atoms with Crippen LogP contribution in [0.3, 0.4) is 0 Å². The van der Waals surface area contributed by atoms with Gasteiger partial charge in [-0.2, -0.15) is 0 Å². The third-order valence-corrected chi connectivity index (χ3v) is 6.92. The fraction of sp³-hybridized carbons (Fsp3) is 0.571. The van der Waals surface area contributed by atoms with Crippen molar-refractivity contribution in [3.63, 3.8) is 0 Å². The SMILES string of the molecule is CCN1CCC[C@H]1CNC(=O)C1CCN(c2ccc(-c3cccs3)nn2)CC1. The Labute approximate surface area is 171 Å². The van der Waals surface area contributed by atoms with Crippen LogP contribution < -0.4 is 10.2 Å². The zero-order valence-electron chi connectivity index (χ0n) is 16.5. The molecule has 4 rings (SSSR count). The maximum absolute atomic E-state index is 12.6. The number of anilines is 1. The van der Waals surface area contributed by atoms with Crippen LogP contribution in [0.15, 0.2) is 29.6 Å². The van der Waals surface area contributed by atoms with Gasteiger partial charge in [-0.05, 0) is 62.4 Å². The first-order valence-corrected chi connectivity index (χ1v) is 11.3. The average Bonchev–Trinajstić information content (AvgIpc) is 3.44. The molecule has 1 N–H and O–H groups in total. The van der Waals surface area contributed by atoms with Gasteiger partial charge in [0.1, 0.15) is 5.69 Å². The third-order valence-electron chi connectivity index (χ3n) is 6.03. The van der Waals surface area contributed by atoms with Crippen molar-refractivity contribution in [2.75, 3.05) is 37.6 Å². The molecule has 1 atom stereocenters. The molecule has 0 spiro atoms. The molecule has 6 nitrogen and oxygen atoms in total. The van der Waals surface area contributed by atoms with E-state index in [0.717, 1.165) is 55.4 Å². The Morgan fingerprint density at radius 3 is 2.71 bits per heavy atom. The first-order chi connectivity index (χ1) is 13.7. The molecule has 2 aliphatic rings. The summed E-state index contributed by atoms with van der Waals surface area (Å²) in [5.41, 5.74) is 0.918. The fourth-order valence-electron chi connectivity index (χ4n) is 4.33. The van der Waals surface area contributed by atoms with Crippen LogP contribution in [0.1, 0.15) is 32.6 Å². The number of aromatic nitrogens is 2. The van der Waals surface area contributed by atoms with E-state index in [2.05, 4.69) is 38.3 Å². The number of amides is 1. The molecular weight excluding hydrogens is 370 g/mol. The van der Waals surface area contributed by atoms with Gasteiger partial charge in [-0.3, -0.25) is 9.69 Å². The van der Waals surface area contributed by atoms with Crippen molar-refractivity contribution in [3.05, 3.63) is 29.6 Å². The van der Waals surface area contributed by atoms with Gasteiger partial charge in [-0.1, -0.05) is 13.0 Å². The highest BCUT2D eigenvalue weighted by Gasteiger charge is 2.28. The average molecular weight is 400 g/mol. The minimum Gasteiger partial charge on any atom is -0.355 e. The minimum absolute atomic E-state index is 0.117. The van der Waals surface area contributed by atoms with Gasteiger partial charge in [0.25, 0.3) is 0 Å². The highest BCUT2D eigenvalue weighted by atomic mass is 32.1. The summed E-state index contributed by atoms with van der Waals surface area (Å²) in [5, 5.41) is 14.0. The molecule has 1 amide bonds. The van der Waals surface area contributed by atoms with Crippen molar-refractivity contribution in [2.45, 2.75) is 38.6 Å². The summed E-state index contributed by atoms with van der Waals surface area (Å²) in [5.74, 6) is 1.25. The zero-order chi connectivity index (χ0) is 19.3. The molecule has 4 heterocycles. The van der Waals surface area contributed by atoms with Crippen LogP contribution in [0.4, 0.5) is 5.82 Å². The van der Waals surface area contributed by atoms with Crippen LogP contribution in [-0.2, 0) is 4.79 Å². The van der Waals surface area contributed by atoms with Gasteiger partial charge in [0.05, 0.1) is 4.88 Å². The highest BCUT2D eigenvalue weighted by molar-refractivity contribution is 7.13. The van der Waals surface area contributed by atoms with Crippen LogP contribution in [0.25, 0.3) is 10.6 Å². The number of nitrogens with one attached hydrogen (secondary N) is 1. The summed E-state index contributed by atoms with van der Waals surface area (Å²) in [6, 6.07) is 8.68. The van der Waals surface area contributed by atoms with E-state index in [1.807, 2.05) is 23.6 Å². The molecule has 2 fully saturated rings. The Morgan fingerprint density at radius 2 is 2.04 bits per heavy atom. The first kappa shape index (κ1) is 19.3. The molecule has 28 heavy (non-hydrogen) atoms. The lowest BCUT2D eigenvalue weighted by Gasteiger charge is -2.32. The lowest BCUT2D eigenvalue weighted by atomic mass is 9.95. The predicted molar refractivity (Wildman–Crippen MR) is 114 cm³/mol. The monoisotopic (exact) mass is 399 g/mol. The van der Waals surface area contributed by atoms with E-state index >= 15 is 0 Å². The highest BCUT2D eigenvalue weighted by Crippen LogP contribution is 2.25. The summed E-state index contributed by atoms with van der Waals surface area (Å²) < 4.78 is 0. The van der Waals surface area contributed by atoms with Crippen molar-refractivity contribution < 1.29 is 4.79 Å². The van der Waals surface area contributed by atoms with E-state index in [0.29, 0.717) is 6.04 Å². The molecule has 2 aromatic rings. The molecule has 2 saturated heterocycles. The smallest absolute Gasteiger partial charge is 0.223 e. The van der Waals surface area contributed by atoms with Gasteiger partial charge in [0.15, 0.2) is 5.82 Å². The molecule has 2 aliphatic heterocycles. The maximum atomic E-state index is 12.6. The van der Waals surface area contributed by atoms with Crippen LogP contribution in [0.2, 0.25) is 0 Å². The largest absolute Gasteiger partial charge is 0.355 e. The van der Waals surface area contributed by atoms with Crippen LogP contribution in [-0.4, -0.2) is 59.8 Å². The van der Waals surface area contributed by atoms with Gasteiger partial charge in [-0.15, -0.1) is 21.5 Å². The number of thiophene rings is 1. The Kier molecular flexibility index (Phi) is 6.22. The number of likely N-dealkylation sites (tertiary alicyclic amines) is 1. The van der Waals surface area contributed by atoms with Crippen molar-refractivity contribution in [1.29, 1.82) is 0 Å². The number of likely N-dealkylation sites (N-methyl/N-ethyl adjacent to an activating group) is 1. The van der Waals surface area contributed by atoms with Gasteiger partial charge in [-0.25, -0.2) is 0 Å². The quantitative estimate of drug-likeness (QED) is 0.809. The summed E-state index contributed by atoms with van der Waals surface area (Å²) >= 11 is 1.67. The van der Waals surface area contributed by atoms with E-state index in [1.54, 1.807) is 11.3 Å². The number of hydrogen-bond donors (Lipinski definition) is 1. The topological polar surface area (TPSA) is 61.4 Å². The predicted octanol–water partition coefficient (Wildman–Crippen LogP) is 3.02. The number of carbonyl (C=O) groups is 1.